The Labute approximate surface area is 147 Å². The number of rotatable bonds is 4. The molecule has 1 aromatic rings. The second-order valence-corrected chi connectivity index (χ2v) is 7.58. The van der Waals surface area contributed by atoms with E-state index in [1.807, 2.05) is 52.0 Å². The standard InChI is InChI=1S/C16H22BBrO3S/c1-15(2)16(3,4)21-17(20-15)12(10-22)8-11-6-7-13(18)9-14(11)19-5/h6-9,22H,10H2,1-5H3. The summed E-state index contributed by atoms with van der Waals surface area (Å²) < 4.78 is 18.6. The van der Waals surface area contributed by atoms with E-state index in [1.54, 1.807) is 7.11 Å². The van der Waals surface area contributed by atoms with Gasteiger partial charge >= 0.3 is 7.12 Å². The maximum atomic E-state index is 6.10. The number of halogens is 1. The van der Waals surface area contributed by atoms with Crippen LogP contribution < -0.4 is 4.74 Å². The molecule has 1 aliphatic heterocycles. The molecule has 0 aromatic heterocycles. The number of benzene rings is 1. The van der Waals surface area contributed by atoms with Gasteiger partial charge in [-0.1, -0.05) is 28.1 Å². The second kappa shape index (κ2) is 6.60. The van der Waals surface area contributed by atoms with Crippen LogP contribution in [0.1, 0.15) is 33.3 Å². The van der Waals surface area contributed by atoms with Crippen LogP contribution in [0.4, 0.5) is 0 Å². The summed E-state index contributed by atoms with van der Waals surface area (Å²) in [5.74, 6) is 1.35. The average molecular weight is 385 g/mol. The smallest absolute Gasteiger partial charge is 0.491 e. The Hall–Kier alpha value is -0.425. The lowest BCUT2D eigenvalue weighted by molar-refractivity contribution is 0.00578. The van der Waals surface area contributed by atoms with Gasteiger partial charge in [0.2, 0.25) is 0 Å². The van der Waals surface area contributed by atoms with Crippen LogP contribution in [-0.4, -0.2) is 31.2 Å². The highest BCUT2D eigenvalue weighted by Gasteiger charge is 2.52. The molecule has 0 unspecified atom stereocenters. The van der Waals surface area contributed by atoms with Crippen LogP contribution >= 0.6 is 28.6 Å². The zero-order valence-corrected chi connectivity index (χ0v) is 16.1. The van der Waals surface area contributed by atoms with Crippen molar-refractivity contribution < 1.29 is 14.0 Å². The molecule has 0 spiro atoms. The molecule has 120 valence electrons. The normalized spacial score (nSPS) is 20.3. The van der Waals surface area contributed by atoms with Gasteiger partial charge in [-0.15, -0.1) is 0 Å². The van der Waals surface area contributed by atoms with Crippen LogP contribution in [0.5, 0.6) is 5.75 Å². The third-order valence-electron chi connectivity index (χ3n) is 4.27. The van der Waals surface area contributed by atoms with Crippen LogP contribution in [0.15, 0.2) is 28.1 Å². The molecular weight excluding hydrogens is 363 g/mol. The zero-order valence-electron chi connectivity index (χ0n) is 13.6. The summed E-state index contributed by atoms with van der Waals surface area (Å²) in [5.41, 5.74) is 1.24. The van der Waals surface area contributed by atoms with Gasteiger partial charge in [-0.25, -0.2) is 0 Å². The minimum absolute atomic E-state index is 0.358. The molecule has 1 saturated heterocycles. The number of ether oxygens (including phenoxy) is 1. The van der Waals surface area contributed by atoms with Gasteiger partial charge in [0, 0.05) is 15.8 Å². The first-order chi connectivity index (χ1) is 10.2. The number of thiol groups is 1. The molecule has 0 aliphatic carbocycles. The van der Waals surface area contributed by atoms with Gasteiger partial charge in [-0.05, 0) is 45.3 Å². The van der Waals surface area contributed by atoms with Gasteiger partial charge in [-0.2, -0.15) is 12.6 Å². The predicted molar refractivity (Wildman–Crippen MR) is 98.6 cm³/mol. The predicted octanol–water partition coefficient (Wildman–Crippen LogP) is 4.40. The molecule has 22 heavy (non-hydrogen) atoms. The minimum atomic E-state index is -0.393. The van der Waals surface area contributed by atoms with E-state index in [-0.39, 0.29) is 11.2 Å². The van der Waals surface area contributed by atoms with Crippen molar-refractivity contribution in [1.82, 2.24) is 0 Å². The van der Waals surface area contributed by atoms with Gasteiger partial charge in [0.25, 0.3) is 0 Å². The molecule has 0 radical (unpaired) electrons. The highest BCUT2D eigenvalue weighted by atomic mass is 79.9. The third-order valence-corrected chi connectivity index (χ3v) is 5.13. The van der Waals surface area contributed by atoms with Crippen LogP contribution in [-0.2, 0) is 9.31 Å². The lowest BCUT2D eigenvalue weighted by Gasteiger charge is -2.32. The Morgan fingerprint density at radius 1 is 1.27 bits per heavy atom. The second-order valence-electron chi connectivity index (χ2n) is 6.35. The van der Waals surface area contributed by atoms with Crippen molar-refractivity contribution >= 4 is 41.8 Å². The first-order valence-corrected chi connectivity index (χ1v) is 8.63. The maximum Gasteiger partial charge on any atom is 0.491 e. The van der Waals surface area contributed by atoms with E-state index in [0.717, 1.165) is 21.3 Å². The highest BCUT2D eigenvalue weighted by Crippen LogP contribution is 2.39. The topological polar surface area (TPSA) is 27.7 Å². The van der Waals surface area contributed by atoms with Crippen molar-refractivity contribution in [3.05, 3.63) is 33.7 Å². The first-order valence-electron chi connectivity index (χ1n) is 7.20. The fourth-order valence-corrected chi connectivity index (χ4v) is 2.77. The fourth-order valence-electron chi connectivity index (χ4n) is 2.19. The van der Waals surface area contributed by atoms with Gasteiger partial charge in [0.1, 0.15) is 5.75 Å². The summed E-state index contributed by atoms with van der Waals surface area (Å²) in [4.78, 5) is 0. The minimum Gasteiger partial charge on any atom is -0.496 e. The summed E-state index contributed by atoms with van der Waals surface area (Å²) in [5, 5.41) is 0. The summed E-state index contributed by atoms with van der Waals surface area (Å²) in [6, 6.07) is 5.92. The number of methoxy groups -OCH3 is 1. The lowest BCUT2D eigenvalue weighted by Crippen LogP contribution is -2.41. The first kappa shape index (κ1) is 17.9. The van der Waals surface area contributed by atoms with E-state index < -0.39 is 7.12 Å². The molecule has 1 heterocycles. The molecule has 1 fully saturated rings. The van der Waals surface area contributed by atoms with E-state index in [1.165, 1.54) is 0 Å². The summed E-state index contributed by atoms with van der Waals surface area (Å²) >= 11 is 7.89. The van der Waals surface area contributed by atoms with Gasteiger partial charge in [0.15, 0.2) is 0 Å². The van der Waals surface area contributed by atoms with E-state index in [2.05, 4.69) is 28.6 Å². The molecule has 0 saturated carbocycles. The van der Waals surface area contributed by atoms with Crippen molar-refractivity contribution in [2.75, 3.05) is 12.9 Å². The molecule has 6 heteroatoms. The van der Waals surface area contributed by atoms with E-state index in [4.69, 9.17) is 14.0 Å². The maximum absolute atomic E-state index is 6.10. The molecule has 1 aromatic carbocycles. The summed E-state index contributed by atoms with van der Waals surface area (Å²) in [6.07, 6.45) is 2.03. The molecule has 0 N–H and O–H groups in total. The Balaban J connectivity index is 2.34. The monoisotopic (exact) mass is 384 g/mol. The van der Waals surface area contributed by atoms with Crippen molar-refractivity contribution in [3.63, 3.8) is 0 Å². The van der Waals surface area contributed by atoms with Crippen molar-refractivity contribution in [2.45, 2.75) is 38.9 Å². The van der Waals surface area contributed by atoms with E-state index in [9.17, 15) is 0 Å². The van der Waals surface area contributed by atoms with Crippen molar-refractivity contribution in [2.24, 2.45) is 0 Å². The zero-order chi connectivity index (χ0) is 16.5. The lowest BCUT2D eigenvalue weighted by atomic mass is 9.78. The van der Waals surface area contributed by atoms with E-state index in [0.29, 0.717) is 5.75 Å². The Morgan fingerprint density at radius 3 is 2.36 bits per heavy atom. The Morgan fingerprint density at radius 2 is 1.86 bits per heavy atom. The molecule has 2 rings (SSSR count). The Bertz CT molecular complexity index is 571. The largest absolute Gasteiger partial charge is 0.496 e. The van der Waals surface area contributed by atoms with Crippen LogP contribution in [0.3, 0.4) is 0 Å². The van der Waals surface area contributed by atoms with Crippen molar-refractivity contribution in [1.29, 1.82) is 0 Å². The van der Waals surface area contributed by atoms with Crippen LogP contribution in [0, 0.1) is 0 Å². The molecule has 0 amide bonds. The van der Waals surface area contributed by atoms with Gasteiger partial charge in [0.05, 0.1) is 18.3 Å². The number of hydrogen-bond donors (Lipinski definition) is 1. The summed E-state index contributed by atoms with van der Waals surface area (Å²) in [6.45, 7) is 8.18. The van der Waals surface area contributed by atoms with Crippen LogP contribution in [0.2, 0.25) is 0 Å². The highest BCUT2D eigenvalue weighted by molar-refractivity contribution is 9.10. The third kappa shape index (κ3) is 3.56. The Kier molecular flexibility index (Phi) is 5.37. The van der Waals surface area contributed by atoms with Crippen molar-refractivity contribution in [3.8, 4) is 5.75 Å². The molecule has 0 atom stereocenters. The number of hydrogen-bond acceptors (Lipinski definition) is 4. The molecule has 3 nitrogen and oxygen atoms in total. The molecule has 1 aliphatic rings. The fraction of sp³-hybridized carbons (Fsp3) is 0.500. The van der Waals surface area contributed by atoms with Crippen LogP contribution in [0.25, 0.3) is 6.08 Å². The molecule has 0 bridgehead atoms. The summed E-state index contributed by atoms with van der Waals surface area (Å²) in [7, 11) is 1.27. The van der Waals surface area contributed by atoms with Gasteiger partial charge < -0.3 is 14.0 Å². The quantitative estimate of drug-likeness (QED) is 0.615. The average Bonchev–Trinajstić information content (AvgIpc) is 2.65. The molecular formula is C16H22BBrO3S. The van der Waals surface area contributed by atoms with E-state index >= 15 is 0 Å². The SMILES string of the molecule is COc1cc(Br)ccc1C=C(CS)B1OC(C)(C)C(C)(C)O1. The van der Waals surface area contributed by atoms with Gasteiger partial charge in [-0.3, -0.25) is 0 Å².